The lowest BCUT2D eigenvalue weighted by Gasteiger charge is -2.37. The third-order valence-corrected chi connectivity index (χ3v) is 4.31. The Balaban J connectivity index is 1.85. The highest BCUT2D eigenvalue weighted by Crippen LogP contribution is 2.36. The van der Waals surface area contributed by atoms with Crippen LogP contribution >= 0.6 is 15.9 Å². The molecule has 3 heteroatoms. The highest BCUT2D eigenvalue weighted by atomic mass is 79.9. The second-order valence-corrected chi connectivity index (χ2v) is 5.96. The summed E-state index contributed by atoms with van der Waals surface area (Å²) >= 11 is 3.48. The second kappa shape index (κ2) is 6.69. The van der Waals surface area contributed by atoms with Crippen LogP contribution in [0.5, 0.6) is 0 Å². The molecule has 2 nitrogen and oxygen atoms in total. The van der Waals surface area contributed by atoms with E-state index in [0.717, 1.165) is 17.0 Å². The highest BCUT2D eigenvalue weighted by molar-refractivity contribution is 9.10. The molecule has 1 saturated carbocycles. The fourth-order valence-electron chi connectivity index (χ4n) is 2.69. The summed E-state index contributed by atoms with van der Waals surface area (Å²) in [7, 11) is 2.05. The van der Waals surface area contributed by atoms with Crippen LogP contribution in [-0.2, 0) is 4.74 Å². The van der Waals surface area contributed by atoms with Crippen LogP contribution in [0.1, 0.15) is 37.8 Å². The zero-order valence-corrected chi connectivity index (χ0v) is 12.7. The number of hydrogen-bond donors (Lipinski definition) is 1. The van der Waals surface area contributed by atoms with Crippen molar-refractivity contribution in [1.82, 2.24) is 5.32 Å². The molecule has 1 fully saturated rings. The topological polar surface area (TPSA) is 21.3 Å². The van der Waals surface area contributed by atoms with Crippen LogP contribution in [0.4, 0.5) is 0 Å². The molecule has 0 heterocycles. The number of benzene rings is 1. The first-order chi connectivity index (χ1) is 8.72. The van der Waals surface area contributed by atoms with E-state index in [4.69, 9.17) is 4.74 Å². The molecule has 1 N–H and O–H groups in total. The van der Waals surface area contributed by atoms with Crippen LogP contribution in [0.15, 0.2) is 28.7 Å². The van der Waals surface area contributed by atoms with Crippen LogP contribution < -0.4 is 5.32 Å². The minimum absolute atomic E-state index is 0.464. The lowest BCUT2D eigenvalue weighted by Crippen LogP contribution is -2.34. The van der Waals surface area contributed by atoms with Crippen molar-refractivity contribution < 1.29 is 4.74 Å². The Labute approximate surface area is 118 Å². The van der Waals surface area contributed by atoms with E-state index < -0.39 is 0 Å². The first-order valence-corrected chi connectivity index (χ1v) is 7.56. The molecule has 0 bridgehead atoms. The van der Waals surface area contributed by atoms with Crippen LogP contribution in [0.3, 0.4) is 0 Å². The zero-order valence-electron chi connectivity index (χ0n) is 11.2. The molecule has 18 heavy (non-hydrogen) atoms. The third-order valence-electron chi connectivity index (χ3n) is 3.78. The van der Waals surface area contributed by atoms with Gasteiger partial charge < -0.3 is 10.1 Å². The normalized spacial score (nSPS) is 24.6. The summed E-state index contributed by atoms with van der Waals surface area (Å²) in [5, 5.41) is 3.43. The van der Waals surface area contributed by atoms with Gasteiger partial charge in [0.15, 0.2) is 0 Å². The van der Waals surface area contributed by atoms with Gasteiger partial charge in [0.05, 0.1) is 6.10 Å². The Bertz CT molecular complexity index is 359. The number of ether oxygens (including phenoxy) is 1. The van der Waals surface area contributed by atoms with Crippen molar-refractivity contribution in [3.63, 3.8) is 0 Å². The molecule has 0 aromatic heterocycles. The molecule has 1 aliphatic carbocycles. The Morgan fingerprint density at radius 2 is 2.00 bits per heavy atom. The van der Waals surface area contributed by atoms with Crippen LogP contribution in [-0.4, -0.2) is 19.8 Å². The summed E-state index contributed by atoms with van der Waals surface area (Å²) in [6, 6.07) is 9.09. The van der Waals surface area contributed by atoms with Crippen molar-refractivity contribution in [2.75, 3.05) is 13.7 Å². The monoisotopic (exact) mass is 311 g/mol. The van der Waals surface area contributed by atoms with E-state index in [2.05, 4.69) is 52.4 Å². The van der Waals surface area contributed by atoms with E-state index in [9.17, 15) is 0 Å². The predicted molar refractivity (Wildman–Crippen MR) is 78.7 cm³/mol. The summed E-state index contributed by atoms with van der Waals surface area (Å²) in [5.74, 6) is 0.808. The maximum absolute atomic E-state index is 5.62. The largest absolute Gasteiger partial charge is 0.378 e. The van der Waals surface area contributed by atoms with Gasteiger partial charge in [-0.3, -0.25) is 0 Å². The van der Waals surface area contributed by atoms with Crippen LogP contribution in [0.25, 0.3) is 0 Å². The molecule has 1 aromatic rings. The van der Waals surface area contributed by atoms with Crippen molar-refractivity contribution in [1.29, 1.82) is 0 Å². The van der Waals surface area contributed by atoms with E-state index in [1.165, 1.54) is 24.8 Å². The summed E-state index contributed by atoms with van der Waals surface area (Å²) in [6.07, 6.45) is 4.18. The minimum atomic E-state index is 0.464. The van der Waals surface area contributed by atoms with Gasteiger partial charge in [0.1, 0.15) is 0 Å². The molecule has 0 radical (unpaired) electrons. The zero-order chi connectivity index (χ0) is 13.0. The lowest BCUT2D eigenvalue weighted by molar-refractivity contribution is -0.0289. The van der Waals surface area contributed by atoms with Crippen molar-refractivity contribution in [3.05, 3.63) is 34.3 Å². The quantitative estimate of drug-likeness (QED) is 0.860. The maximum Gasteiger partial charge on any atom is 0.0580 e. The van der Waals surface area contributed by atoms with Gasteiger partial charge in [-0.1, -0.05) is 28.1 Å². The Morgan fingerprint density at radius 3 is 2.56 bits per heavy atom. The maximum atomic E-state index is 5.62. The number of rotatable bonds is 6. The first kappa shape index (κ1) is 14.0. The van der Waals surface area contributed by atoms with Gasteiger partial charge in [-0.2, -0.15) is 0 Å². The molecule has 2 rings (SSSR count). The third kappa shape index (κ3) is 3.56. The van der Waals surface area contributed by atoms with Crippen molar-refractivity contribution in [3.8, 4) is 0 Å². The van der Waals surface area contributed by atoms with E-state index >= 15 is 0 Å². The van der Waals surface area contributed by atoms with Gasteiger partial charge in [-0.15, -0.1) is 0 Å². The molecular formula is C15H22BrNO. The second-order valence-electron chi connectivity index (χ2n) is 5.04. The first-order valence-electron chi connectivity index (χ1n) is 6.77. The van der Waals surface area contributed by atoms with Gasteiger partial charge in [0, 0.05) is 17.1 Å². The molecule has 0 amide bonds. The molecule has 1 aliphatic rings. The SMILES string of the molecule is CCOC1CC(CC(NC)c2ccc(Br)cc2)C1. The van der Waals surface area contributed by atoms with Crippen LogP contribution in [0, 0.1) is 5.92 Å². The van der Waals surface area contributed by atoms with Gasteiger partial charge in [0.2, 0.25) is 0 Å². The molecule has 0 spiro atoms. The van der Waals surface area contributed by atoms with E-state index in [-0.39, 0.29) is 0 Å². The van der Waals surface area contributed by atoms with Crippen molar-refractivity contribution in [2.24, 2.45) is 5.92 Å². The number of halogens is 1. The molecule has 1 atom stereocenters. The minimum Gasteiger partial charge on any atom is -0.378 e. The molecule has 0 saturated heterocycles. The molecule has 1 unspecified atom stereocenters. The Hall–Kier alpha value is -0.380. The standard InChI is InChI=1S/C15H22BrNO/c1-3-18-14-8-11(9-14)10-15(17-2)12-4-6-13(16)7-5-12/h4-7,11,14-15,17H,3,8-10H2,1-2H3. The summed E-state index contributed by atoms with van der Waals surface area (Å²) in [5.41, 5.74) is 1.38. The van der Waals surface area contributed by atoms with E-state index in [1.54, 1.807) is 0 Å². The summed E-state index contributed by atoms with van der Waals surface area (Å²) < 4.78 is 6.76. The van der Waals surface area contributed by atoms with Gasteiger partial charge in [-0.25, -0.2) is 0 Å². The molecule has 0 aliphatic heterocycles. The molecule has 100 valence electrons. The van der Waals surface area contributed by atoms with Gasteiger partial charge in [0.25, 0.3) is 0 Å². The average Bonchev–Trinajstić information content (AvgIpc) is 2.33. The molecular weight excluding hydrogens is 290 g/mol. The fraction of sp³-hybridized carbons (Fsp3) is 0.600. The fourth-order valence-corrected chi connectivity index (χ4v) is 2.95. The van der Waals surface area contributed by atoms with Gasteiger partial charge in [-0.05, 0) is 56.8 Å². The van der Waals surface area contributed by atoms with Crippen LogP contribution in [0.2, 0.25) is 0 Å². The predicted octanol–water partition coefficient (Wildman–Crippen LogP) is 3.91. The molecule has 1 aromatic carbocycles. The average molecular weight is 312 g/mol. The van der Waals surface area contributed by atoms with Crippen molar-refractivity contribution >= 4 is 15.9 Å². The Kier molecular flexibility index (Phi) is 5.22. The highest BCUT2D eigenvalue weighted by Gasteiger charge is 2.31. The summed E-state index contributed by atoms with van der Waals surface area (Å²) in [4.78, 5) is 0. The number of nitrogens with one attached hydrogen (secondary N) is 1. The Morgan fingerprint density at radius 1 is 1.33 bits per heavy atom. The van der Waals surface area contributed by atoms with Crippen molar-refractivity contribution in [2.45, 2.75) is 38.3 Å². The summed E-state index contributed by atoms with van der Waals surface area (Å²) in [6.45, 7) is 2.92. The van der Waals surface area contributed by atoms with E-state index in [0.29, 0.717) is 12.1 Å². The van der Waals surface area contributed by atoms with Gasteiger partial charge >= 0.3 is 0 Å². The number of hydrogen-bond acceptors (Lipinski definition) is 2. The lowest BCUT2D eigenvalue weighted by atomic mass is 9.77. The smallest absolute Gasteiger partial charge is 0.0580 e. The van der Waals surface area contributed by atoms with E-state index in [1.807, 2.05) is 7.05 Å².